The second-order valence-corrected chi connectivity index (χ2v) is 3.87. The van der Waals surface area contributed by atoms with Gasteiger partial charge >= 0.3 is 5.97 Å². The van der Waals surface area contributed by atoms with Gasteiger partial charge in [0.05, 0.1) is 17.7 Å². The van der Waals surface area contributed by atoms with Crippen LogP contribution in [0.2, 0.25) is 0 Å². The van der Waals surface area contributed by atoms with Crippen LogP contribution in [0, 0.1) is 10.1 Å². The fourth-order valence-electron chi connectivity index (χ4n) is 1.42. The predicted octanol–water partition coefficient (Wildman–Crippen LogP) is 0.335. The molecule has 1 unspecified atom stereocenters. The van der Waals surface area contributed by atoms with Gasteiger partial charge in [-0.25, -0.2) is 0 Å². The molecule has 0 amide bonds. The Kier molecular flexibility index (Phi) is 5.19. The Morgan fingerprint density at radius 1 is 1.53 bits per heavy atom. The summed E-state index contributed by atoms with van der Waals surface area (Å²) in [5.41, 5.74) is -0.778. The molecule has 0 spiro atoms. The van der Waals surface area contributed by atoms with Crippen molar-refractivity contribution in [2.75, 3.05) is 13.7 Å². The minimum Gasteiger partial charge on any atom is -0.459 e. The molecule has 0 N–H and O–H groups in total. The summed E-state index contributed by atoms with van der Waals surface area (Å²) in [6, 6.07) is 2.11. The molecular formula is C11H14N2O6. The molecule has 0 fully saturated rings. The summed E-state index contributed by atoms with van der Waals surface area (Å²) < 4.78 is 10.7. The number of nitro groups is 1. The van der Waals surface area contributed by atoms with Gasteiger partial charge in [-0.3, -0.25) is 24.3 Å². The van der Waals surface area contributed by atoms with Crippen molar-refractivity contribution in [3.63, 3.8) is 0 Å². The van der Waals surface area contributed by atoms with Crippen LogP contribution in [0.25, 0.3) is 0 Å². The summed E-state index contributed by atoms with van der Waals surface area (Å²) in [4.78, 5) is 32.9. The number of carbonyl (C=O) groups excluding carboxylic acids is 1. The van der Waals surface area contributed by atoms with Crippen LogP contribution < -0.4 is 5.56 Å². The largest absolute Gasteiger partial charge is 0.459 e. The van der Waals surface area contributed by atoms with E-state index < -0.39 is 22.6 Å². The van der Waals surface area contributed by atoms with Crippen molar-refractivity contribution in [3.05, 3.63) is 38.8 Å². The molecule has 1 atom stereocenters. The second kappa shape index (κ2) is 6.64. The molecule has 0 aromatic carbocycles. The van der Waals surface area contributed by atoms with Crippen molar-refractivity contribution < 1.29 is 19.2 Å². The molecular weight excluding hydrogens is 256 g/mol. The molecule has 0 aliphatic rings. The zero-order valence-electron chi connectivity index (χ0n) is 10.6. The normalized spacial score (nSPS) is 11.9. The van der Waals surface area contributed by atoms with Crippen molar-refractivity contribution in [2.45, 2.75) is 19.6 Å². The fraction of sp³-hybridized carbons (Fsp3) is 0.455. The number of hydrogen-bond donors (Lipinski definition) is 0. The average molecular weight is 270 g/mol. The standard InChI is InChI=1S/C11H14N2O6/c1-8(7-18-2)19-11(15)6-12-5-9(13(16)17)3-4-10(12)14/h3-5,8H,6-7H2,1-2H3. The highest BCUT2D eigenvalue weighted by Crippen LogP contribution is 2.06. The number of rotatable bonds is 6. The Hall–Kier alpha value is -2.22. The van der Waals surface area contributed by atoms with Crippen LogP contribution in [0.4, 0.5) is 5.69 Å². The highest BCUT2D eigenvalue weighted by molar-refractivity contribution is 5.69. The van der Waals surface area contributed by atoms with Gasteiger partial charge in [0.1, 0.15) is 12.6 Å². The van der Waals surface area contributed by atoms with Crippen molar-refractivity contribution in [1.82, 2.24) is 4.57 Å². The number of ether oxygens (including phenoxy) is 2. The molecule has 0 radical (unpaired) electrons. The molecule has 0 bridgehead atoms. The minimum atomic E-state index is -0.660. The molecule has 1 aromatic heterocycles. The van der Waals surface area contributed by atoms with Crippen LogP contribution in [-0.4, -0.2) is 35.3 Å². The van der Waals surface area contributed by atoms with Crippen molar-refractivity contribution in [2.24, 2.45) is 0 Å². The van der Waals surface area contributed by atoms with Crippen LogP contribution >= 0.6 is 0 Å². The highest BCUT2D eigenvalue weighted by Gasteiger charge is 2.13. The molecule has 8 heteroatoms. The van der Waals surface area contributed by atoms with Crippen LogP contribution in [0.3, 0.4) is 0 Å². The summed E-state index contributed by atoms with van der Waals surface area (Å²) in [6.45, 7) is 1.49. The SMILES string of the molecule is COCC(C)OC(=O)Cn1cc([N+](=O)[O-])ccc1=O. The third kappa shape index (κ3) is 4.51. The summed E-state index contributed by atoms with van der Waals surface area (Å²) in [5, 5.41) is 10.6. The Bertz CT molecular complexity index is 524. The fourth-order valence-corrected chi connectivity index (χ4v) is 1.42. The monoisotopic (exact) mass is 270 g/mol. The third-order valence-corrected chi connectivity index (χ3v) is 2.21. The van der Waals surface area contributed by atoms with Crippen LogP contribution in [0.5, 0.6) is 0 Å². The molecule has 0 aliphatic heterocycles. The zero-order chi connectivity index (χ0) is 14.4. The van der Waals surface area contributed by atoms with Crippen LogP contribution in [0.15, 0.2) is 23.1 Å². The number of esters is 1. The van der Waals surface area contributed by atoms with Gasteiger partial charge < -0.3 is 9.47 Å². The van der Waals surface area contributed by atoms with Gasteiger partial charge in [0.15, 0.2) is 0 Å². The maximum Gasteiger partial charge on any atom is 0.326 e. The lowest BCUT2D eigenvalue weighted by Crippen LogP contribution is -2.27. The van der Waals surface area contributed by atoms with E-state index in [-0.39, 0.29) is 18.8 Å². The predicted molar refractivity (Wildman–Crippen MR) is 64.8 cm³/mol. The maximum atomic E-state index is 11.5. The zero-order valence-corrected chi connectivity index (χ0v) is 10.6. The van der Waals surface area contributed by atoms with Crippen LogP contribution in [0.1, 0.15) is 6.92 Å². The van der Waals surface area contributed by atoms with E-state index in [1.807, 2.05) is 0 Å². The van der Waals surface area contributed by atoms with Crippen molar-refractivity contribution in [3.8, 4) is 0 Å². The first kappa shape index (κ1) is 14.8. The molecule has 19 heavy (non-hydrogen) atoms. The molecule has 0 aliphatic carbocycles. The Morgan fingerprint density at radius 3 is 2.79 bits per heavy atom. The van der Waals surface area contributed by atoms with Crippen molar-refractivity contribution in [1.29, 1.82) is 0 Å². The van der Waals surface area contributed by atoms with Gasteiger partial charge in [-0.15, -0.1) is 0 Å². The van der Waals surface area contributed by atoms with E-state index in [0.29, 0.717) is 0 Å². The molecule has 0 saturated heterocycles. The minimum absolute atomic E-state index is 0.232. The molecule has 0 saturated carbocycles. The Morgan fingerprint density at radius 2 is 2.21 bits per heavy atom. The highest BCUT2D eigenvalue weighted by atomic mass is 16.6. The molecule has 1 aromatic rings. The molecule has 104 valence electrons. The van der Waals surface area contributed by atoms with Gasteiger partial charge in [0.2, 0.25) is 0 Å². The molecule has 1 rings (SSSR count). The topological polar surface area (TPSA) is 101 Å². The third-order valence-electron chi connectivity index (χ3n) is 2.21. The maximum absolute atomic E-state index is 11.5. The first-order chi connectivity index (χ1) is 8.93. The van der Waals surface area contributed by atoms with Gasteiger partial charge in [-0.05, 0) is 6.92 Å². The lowest BCUT2D eigenvalue weighted by Gasteiger charge is -2.12. The lowest BCUT2D eigenvalue weighted by molar-refractivity contribution is -0.385. The number of pyridine rings is 1. The van der Waals surface area contributed by atoms with E-state index in [4.69, 9.17) is 9.47 Å². The van der Waals surface area contributed by atoms with E-state index in [1.54, 1.807) is 6.92 Å². The quantitative estimate of drug-likeness (QED) is 0.419. The summed E-state index contributed by atoms with van der Waals surface area (Å²) in [7, 11) is 1.47. The van der Waals surface area contributed by atoms with E-state index >= 15 is 0 Å². The number of nitrogens with zero attached hydrogens (tertiary/aromatic N) is 2. The van der Waals surface area contributed by atoms with E-state index in [0.717, 1.165) is 22.9 Å². The Balaban J connectivity index is 2.76. The summed E-state index contributed by atoms with van der Waals surface area (Å²) in [6.07, 6.45) is 0.553. The van der Waals surface area contributed by atoms with E-state index in [2.05, 4.69) is 0 Å². The first-order valence-corrected chi connectivity index (χ1v) is 5.47. The number of hydrogen-bond acceptors (Lipinski definition) is 6. The van der Waals surface area contributed by atoms with Gasteiger partial charge in [-0.1, -0.05) is 0 Å². The van der Waals surface area contributed by atoms with E-state index in [9.17, 15) is 19.7 Å². The average Bonchev–Trinajstić information content (AvgIpc) is 2.31. The number of aromatic nitrogens is 1. The van der Waals surface area contributed by atoms with E-state index in [1.165, 1.54) is 7.11 Å². The van der Waals surface area contributed by atoms with Crippen molar-refractivity contribution >= 4 is 11.7 Å². The molecule has 1 heterocycles. The van der Waals surface area contributed by atoms with Gasteiger partial charge in [-0.2, -0.15) is 0 Å². The lowest BCUT2D eigenvalue weighted by atomic mass is 10.4. The van der Waals surface area contributed by atoms with Crippen LogP contribution in [-0.2, 0) is 20.8 Å². The van der Waals surface area contributed by atoms with Gasteiger partial charge in [0, 0.05) is 19.2 Å². The second-order valence-electron chi connectivity index (χ2n) is 3.87. The number of methoxy groups -OCH3 is 1. The Labute approximate surface area is 108 Å². The first-order valence-electron chi connectivity index (χ1n) is 5.47. The summed E-state index contributed by atoms with van der Waals surface area (Å²) in [5.74, 6) is -0.660. The molecule has 8 nitrogen and oxygen atoms in total. The van der Waals surface area contributed by atoms with Gasteiger partial charge in [0.25, 0.3) is 11.2 Å². The smallest absolute Gasteiger partial charge is 0.326 e. The number of carbonyl (C=O) groups is 1. The summed E-state index contributed by atoms with van der Waals surface area (Å²) >= 11 is 0.